The van der Waals surface area contributed by atoms with Gasteiger partial charge in [-0.15, -0.1) is 0 Å². The number of phenols is 1. The Morgan fingerprint density at radius 1 is 0.878 bits per heavy atom. The number of hydrogen-bond donors (Lipinski definition) is 8. The summed E-state index contributed by atoms with van der Waals surface area (Å²) in [5.41, 5.74) is 24.0. The fraction of sp³-hybridized carbons (Fsp3) is 0.441. The molecule has 1 aromatic heterocycles. The van der Waals surface area contributed by atoms with Gasteiger partial charge >= 0.3 is 0 Å². The van der Waals surface area contributed by atoms with Gasteiger partial charge in [0.15, 0.2) is 23.4 Å². The molecule has 49 heavy (non-hydrogen) atoms. The van der Waals surface area contributed by atoms with Gasteiger partial charge in [0, 0.05) is 36.3 Å². The van der Waals surface area contributed by atoms with Gasteiger partial charge in [0.05, 0.1) is 25.6 Å². The molecule has 0 saturated heterocycles. The Morgan fingerprint density at radius 2 is 1.45 bits per heavy atom. The minimum atomic E-state index is -1.05. The molecule has 0 aliphatic rings. The maximum atomic E-state index is 14.3. The Balaban J connectivity index is 2.15. The molecule has 0 spiro atoms. The van der Waals surface area contributed by atoms with Crippen molar-refractivity contribution in [2.75, 3.05) is 46.5 Å². The predicted octanol–water partition coefficient (Wildman–Crippen LogP) is 1.29. The molecule has 0 amide bonds. The van der Waals surface area contributed by atoms with E-state index >= 15 is 0 Å². The first-order valence-electron chi connectivity index (χ1n) is 15.8. The van der Waals surface area contributed by atoms with Crippen LogP contribution in [-0.4, -0.2) is 85.9 Å². The first-order valence-corrected chi connectivity index (χ1v) is 15.8. The zero-order chi connectivity index (χ0) is 36.2. The summed E-state index contributed by atoms with van der Waals surface area (Å²) in [7, 11) is 1.46. The van der Waals surface area contributed by atoms with Crippen molar-refractivity contribution in [3.05, 3.63) is 56.8 Å². The lowest BCUT2D eigenvalue weighted by molar-refractivity contribution is 0.105. The van der Waals surface area contributed by atoms with Crippen LogP contribution in [0.5, 0.6) is 23.0 Å². The van der Waals surface area contributed by atoms with E-state index in [1.54, 1.807) is 0 Å². The Kier molecular flexibility index (Phi) is 14.1. The number of nitrogens with two attached hydrogens (primary N) is 4. The number of rotatable bonds is 18. The number of allylic oxidation sites excluding steroid dienone is 4. The molecule has 15 nitrogen and oxygen atoms in total. The average Bonchev–Trinajstić information content (AvgIpc) is 3.02. The van der Waals surface area contributed by atoms with E-state index in [2.05, 4.69) is 15.3 Å². The topological polar surface area (TPSA) is 259 Å². The fourth-order valence-electron chi connectivity index (χ4n) is 4.89. The first kappa shape index (κ1) is 38.5. The summed E-state index contributed by atoms with van der Waals surface area (Å²) in [5.74, 6) is 0.261. The van der Waals surface area contributed by atoms with Gasteiger partial charge in [0.2, 0.25) is 5.43 Å². The van der Waals surface area contributed by atoms with Crippen LogP contribution in [0.1, 0.15) is 38.8 Å². The molecule has 268 valence electrons. The largest absolute Gasteiger partial charge is 0.507 e. The van der Waals surface area contributed by atoms with Crippen LogP contribution in [-0.2, 0) is 12.8 Å². The van der Waals surface area contributed by atoms with Crippen molar-refractivity contribution >= 4 is 33.9 Å². The molecule has 0 saturated carbocycles. The van der Waals surface area contributed by atoms with E-state index in [1.165, 1.54) is 19.2 Å². The number of aromatic hydroxyl groups is 1. The molecule has 0 aliphatic heterocycles. The van der Waals surface area contributed by atoms with Crippen LogP contribution in [0.15, 0.2) is 54.6 Å². The van der Waals surface area contributed by atoms with Crippen LogP contribution >= 0.6 is 0 Å². The van der Waals surface area contributed by atoms with E-state index in [9.17, 15) is 20.1 Å². The number of aliphatic hydroxyl groups excluding tert-OH is 2. The lowest BCUT2D eigenvalue weighted by Crippen LogP contribution is -2.33. The quantitative estimate of drug-likeness (QED) is 0.0309. The van der Waals surface area contributed by atoms with Gasteiger partial charge in [-0.25, -0.2) is 0 Å². The molecule has 2 atom stereocenters. The number of phenolic OH excluding ortho intramolecular Hbond substituents is 1. The number of nitrogens with zero attached hydrogens (tertiary/aromatic N) is 2. The Hall–Kier alpha value is -4.99. The molecule has 0 fully saturated rings. The molecule has 3 aromatic rings. The number of nitrogens with one attached hydrogen (secondary N) is 1. The number of hydrogen-bond acceptors (Lipinski definition) is 11. The summed E-state index contributed by atoms with van der Waals surface area (Å²) >= 11 is 0. The number of benzene rings is 2. The third-order valence-corrected chi connectivity index (χ3v) is 7.25. The molecule has 1 heterocycles. The van der Waals surface area contributed by atoms with Crippen LogP contribution in [0, 0.1) is 0 Å². The zero-order valence-corrected chi connectivity index (χ0v) is 28.7. The molecule has 15 heteroatoms. The van der Waals surface area contributed by atoms with Crippen molar-refractivity contribution in [1.82, 2.24) is 5.32 Å². The third kappa shape index (κ3) is 10.8. The van der Waals surface area contributed by atoms with Crippen LogP contribution in [0.25, 0.3) is 21.9 Å². The molecule has 12 N–H and O–H groups in total. The fourth-order valence-corrected chi connectivity index (χ4v) is 4.89. The second-order valence-corrected chi connectivity index (χ2v) is 11.9. The molecule has 0 aliphatic carbocycles. The van der Waals surface area contributed by atoms with E-state index in [0.717, 1.165) is 11.1 Å². The number of aliphatic imine (C=N–C) groups is 2. The van der Waals surface area contributed by atoms with Crippen LogP contribution in [0.2, 0.25) is 0 Å². The van der Waals surface area contributed by atoms with E-state index < -0.39 is 17.6 Å². The molecular formula is C34H49N7O8. The summed E-state index contributed by atoms with van der Waals surface area (Å²) in [6.45, 7) is 8.29. The standard InChI is InChI=1S/C34H49N7O8/c1-18(2)6-8-22-24(47-17-21(43)15-41-34(37)38)12-26-29(30(22)44)31(45)28-23(9-7-19(3)4)32(46-5)27(13-25(28)49-26)48-16-20(42)14-39-10-11-40-33(35)36/h6-7,12-13,20-21,39,42-44H,8-11,14-17H2,1-5H3,(H4,35,36,40)(H4,37,38,41). The summed E-state index contributed by atoms with van der Waals surface area (Å²) in [4.78, 5) is 22.0. The smallest absolute Gasteiger partial charge is 0.204 e. The predicted molar refractivity (Wildman–Crippen MR) is 192 cm³/mol. The molecule has 0 radical (unpaired) electrons. The van der Waals surface area contributed by atoms with Gasteiger partial charge in [-0.2, -0.15) is 0 Å². The van der Waals surface area contributed by atoms with Crippen molar-refractivity contribution in [3.63, 3.8) is 0 Å². The van der Waals surface area contributed by atoms with Crippen LogP contribution in [0.4, 0.5) is 0 Å². The number of aliphatic hydroxyl groups is 2. The minimum Gasteiger partial charge on any atom is -0.507 e. The molecule has 2 unspecified atom stereocenters. The second-order valence-electron chi connectivity index (χ2n) is 11.9. The van der Waals surface area contributed by atoms with Crippen molar-refractivity contribution < 1.29 is 33.9 Å². The first-order chi connectivity index (χ1) is 23.2. The van der Waals surface area contributed by atoms with Crippen molar-refractivity contribution in [3.8, 4) is 23.0 Å². The van der Waals surface area contributed by atoms with Gasteiger partial charge < -0.3 is 62.2 Å². The molecule has 2 aromatic carbocycles. The van der Waals surface area contributed by atoms with Gasteiger partial charge in [-0.1, -0.05) is 23.3 Å². The SMILES string of the molecule is COc1c(OCC(O)CNCCN=C(N)N)cc2oc3cc(OCC(O)CN=C(N)N)c(CC=C(C)C)c(O)c3c(=O)c2c1CC=C(C)C. The highest BCUT2D eigenvalue weighted by molar-refractivity contribution is 5.98. The Morgan fingerprint density at radius 3 is 2.06 bits per heavy atom. The van der Waals surface area contributed by atoms with Crippen molar-refractivity contribution in [1.29, 1.82) is 0 Å². The number of fused-ring (bicyclic) bond motifs is 2. The summed E-state index contributed by atoms with van der Waals surface area (Å²) in [6.07, 6.45) is 2.41. The molecule has 3 rings (SSSR count). The van der Waals surface area contributed by atoms with Gasteiger partial charge in [-0.3, -0.25) is 14.8 Å². The summed E-state index contributed by atoms with van der Waals surface area (Å²) in [5, 5.41) is 35.7. The van der Waals surface area contributed by atoms with Crippen molar-refractivity contribution in [2.45, 2.75) is 52.7 Å². The van der Waals surface area contributed by atoms with Gasteiger partial charge in [0.25, 0.3) is 0 Å². The maximum Gasteiger partial charge on any atom is 0.204 e. The van der Waals surface area contributed by atoms with Gasteiger partial charge in [-0.05, 0) is 40.5 Å². The third-order valence-electron chi connectivity index (χ3n) is 7.25. The highest BCUT2D eigenvalue weighted by Gasteiger charge is 2.25. The number of methoxy groups -OCH3 is 1. The van der Waals surface area contributed by atoms with E-state index in [-0.39, 0.29) is 83.8 Å². The van der Waals surface area contributed by atoms with Crippen LogP contribution < -0.4 is 47.9 Å². The number of guanidine groups is 2. The Labute approximate surface area is 284 Å². The second kappa shape index (κ2) is 18.0. The minimum absolute atomic E-state index is 0.0149. The monoisotopic (exact) mass is 683 g/mol. The maximum absolute atomic E-state index is 14.3. The van der Waals surface area contributed by atoms with Crippen LogP contribution in [0.3, 0.4) is 0 Å². The highest BCUT2D eigenvalue weighted by atomic mass is 16.5. The van der Waals surface area contributed by atoms with Crippen molar-refractivity contribution in [2.24, 2.45) is 32.9 Å². The molecule has 0 bridgehead atoms. The average molecular weight is 684 g/mol. The lowest BCUT2D eigenvalue weighted by Gasteiger charge is -2.19. The van der Waals surface area contributed by atoms with E-state index in [1.807, 2.05) is 39.8 Å². The van der Waals surface area contributed by atoms with E-state index in [4.69, 9.17) is 41.6 Å². The summed E-state index contributed by atoms with van der Waals surface area (Å²) in [6, 6.07) is 3.03. The summed E-state index contributed by atoms with van der Waals surface area (Å²) < 4.78 is 24.0. The normalized spacial score (nSPS) is 12.2. The van der Waals surface area contributed by atoms with Gasteiger partial charge in [0.1, 0.15) is 53.5 Å². The van der Waals surface area contributed by atoms with E-state index in [0.29, 0.717) is 36.4 Å². The zero-order valence-electron chi connectivity index (χ0n) is 28.7. The molecular weight excluding hydrogens is 634 g/mol. The Bertz CT molecular complexity index is 1780. The lowest BCUT2D eigenvalue weighted by atomic mass is 9.98. The highest BCUT2D eigenvalue weighted by Crippen LogP contribution is 2.41. The number of ether oxygens (including phenoxy) is 3.